The number of nitrogens with zero attached hydrogens (tertiary/aromatic N) is 3. The normalized spacial score (nSPS) is 13.2. The van der Waals surface area contributed by atoms with Crippen LogP contribution in [-0.2, 0) is 5.41 Å². The first-order chi connectivity index (χ1) is 26.0. The van der Waals surface area contributed by atoms with Crippen LogP contribution in [0.25, 0.3) is 94.5 Å². The number of benzene rings is 7. The lowest BCUT2D eigenvalue weighted by molar-refractivity contribution is 0.661. The molecule has 0 amide bonds. The van der Waals surface area contributed by atoms with Gasteiger partial charge in [0.1, 0.15) is 11.2 Å². The van der Waals surface area contributed by atoms with E-state index in [2.05, 4.69) is 146 Å². The van der Waals surface area contributed by atoms with Gasteiger partial charge < -0.3 is 8.98 Å². The molecule has 0 atom stereocenters. The molecular weight excluding hydrogens is 647 g/mol. The lowest BCUT2D eigenvalue weighted by atomic mass is 9.82. The minimum atomic E-state index is -0.0575. The molecule has 0 aliphatic heterocycles. The van der Waals surface area contributed by atoms with Crippen LogP contribution in [0.3, 0.4) is 0 Å². The van der Waals surface area contributed by atoms with E-state index in [1.54, 1.807) is 0 Å². The molecule has 11 rings (SSSR count). The fraction of sp³-hybridized carbons (Fsp3) is 0.0612. The van der Waals surface area contributed by atoms with Crippen molar-refractivity contribution in [3.05, 3.63) is 175 Å². The maximum atomic E-state index is 6.14. The summed E-state index contributed by atoms with van der Waals surface area (Å²) in [5, 5.41) is 4.71. The summed E-state index contributed by atoms with van der Waals surface area (Å²) in [6, 6.07) is 58.1. The highest BCUT2D eigenvalue weighted by atomic mass is 16.3. The zero-order valence-corrected chi connectivity index (χ0v) is 29.3. The smallest absolute Gasteiger partial charge is 0.160 e. The van der Waals surface area contributed by atoms with E-state index in [0.717, 1.165) is 55.7 Å². The van der Waals surface area contributed by atoms with Crippen LogP contribution in [0.15, 0.2) is 168 Å². The van der Waals surface area contributed by atoms with Gasteiger partial charge in [-0.25, -0.2) is 9.97 Å². The van der Waals surface area contributed by atoms with Gasteiger partial charge >= 0.3 is 0 Å². The summed E-state index contributed by atoms with van der Waals surface area (Å²) in [6.07, 6.45) is 0. The number of aromatic nitrogens is 3. The number of furan rings is 1. The number of rotatable bonds is 4. The van der Waals surface area contributed by atoms with Gasteiger partial charge in [0, 0.05) is 49.3 Å². The molecule has 0 unspecified atom stereocenters. The van der Waals surface area contributed by atoms with Crippen LogP contribution in [-0.4, -0.2) is 14.5 Å². The first-order valence-electron chi connectivity index (χ1n) is 18.2. The molecule has 0 radical (unpaired) electrons. The Morgan fingerprint density at radius 3 is 1.98 bits per heavy atom. The molecule has 4 heteroatoms. The van der Waals surface area contributed by atoms with Crippen molar-refractivity contribution in [3.8, 4) is 50.7 Å². The largest absolute Gasteiger partial charge is 0.456 e. The maximum Gasteiger partial charge on any atom is 0.160 e. The van der Waals surface area contributed by atoms with Gasteiger partial charge in [0.05, 0.1) is 22.4 Å². The molecule has 0 bridgehead atoms. The molecule has 7 aromatic carbocycles. The second-order valence-corrected chi connectivity index (χ2v) is 14.6. The Bertz CT molecular complexity index is 3080. The Morgan fingerprint density at radius 2 is 1.13 bits per heavy atom. The van der Waals surface area contributed by atoms with Gasteiger partial charge in [-0.15, -0.1) is 0 Å². The lowest BCUT2D eigenvalue weighted by Crippen LogP contribution is -2.14. The summed E-state index contributed by atoms with van der Waals surface area (Å²) in [5.41, 5.74) is 15.4. The highest BCUT2D eigenvalue weighted by Gasteiger charge is 2.36. The molecule has 3 aromatic heterocycles. The van der Waals surface area contributed by atoms with Crippen molar-refractivity contribution in [2.45, 2.75) is 19.3 Å². The second-order valence-electron chi connectivity index (χ2n) is 14.6. The summed E-state index contributed by atoms with van der Waals surface area (Å²) in [5.74, 6) is 0.693. The predicted octanol–water partition coefficient (Wildman–Crippen LogP) is 12.8. The zero-order valence-electron chi connectivity index (χ0n) is 29.3. The van der Waals surface area contributed by atoms with Crippen LogP contribution >= 0.6 is 0 Å². The summed E-state index contributed by atoms with van der Waals surface area (Å²) < 4.78 is 8.55. The minimum absolute atomic E-state index is 0.0575. The highest BCUT2D eigenvalue weighted by molar-refractivity contribution is 6.11. The molecular formula is C49H33N3O. The fourth-order valence-corrected chi connectivity index (χ4v) is 8.57. The van der Waals surface area contributed by atoms with Gasteiger partial charge in [0.2, 0.25) is 0 Å². The minimum Gasteiger partial charge on any atom is -0.456 e. The highest BCUT2D eigenvalue weighted by Crippen LogP contribution is 2.51. The summed E-state index contributed by atoms with van der Waals surface area (Å²) >= 11 is 0. The molecule has 0 N–H and O–H groups in total. The van der Waals surface area contributed by atoms with Gasteiger partial charge in [-0.1, -0.05) is 117 Å². The molecule has 3 heterocycles. The Balaban J connectivity index is 1.06. The Labute approximate surface area is 306 Å². The Morgan fingerprint density at radius 1 is 0.453 bits per heavy atom. The van der Waals surface area contributed by atoms with Crippen molar-refractivity contribution in [1.29, 1.82) is 0 Å². The molecule has 250 valence electrons. The Kier molecular flexibility index (Phi) is 6.27. The molecule has 0 fully saturated rings. The van der Waals surface area contributed by atoms with Crippen molar-refractivity contribution < 1.29 is 4.42 Å². The van der Waals surface area contributed by atoms with E-state index < -0.39 is 0 Å². The van der Waals surface area contributed by atoms with Crippen LogP contribution in [0.2, 0.25) is 0 Å². The van der Waals surface area contributed by atoms with Crippen molar-refractivity contribution >= 4 is 43.7 Å². The summed E-state index contributed by atoms with van der Waals surface area (Å²) in [7, 11) is 0. The van der Waals surface area contributed by atoms with Gasteiger partial charge in [-0.3, -0.25) is 0 Å². The van der Waals surface area contributed by atoms with Crippen LogP contribution in [0, 0.1) is 0 Å². The van der Waals surface area contributed by atoms with Gasteiger partial charge in [0.25, 0.3) is 0 Å². The summed E-state index contributed by atoms with van der Waals surface area (Å²) in [6.45, 7) is 4.70. The third-order valence-electron chi connectivity index (χ3n) is 11.2. The van der Waals surface area contributed by atoms with Crippen LogP contribution in [0.5, 0.6) is 0 Å². The standard InChI is InChI=1S/C49H33N3O/c1-49(2)40-17-9-6-14-34(40)37-28-45-38(27-41(37)49)35-15-7-10-18-44(35)52(45)33-23-20-30(21-24-33)42-29-43(51-48(50-42)31-12-4-3-5-13-31)32-22-25-47-39(26-32)36-16-8-11-19-46(36)53-47/h3-29H,1-2H3. The molecule has 4 nitrogen and oxygen atoms in total. The van der Waals surface area contributed by atoms with E-state index in [9.17, 15) is 0 Å². The monoisotopic (exact) mass is 679 g/mol. The lowest BCUT2D eigenvalue weighted by Gasteiger charge is -2.21. The van der Waals surface area contributed by atoms with Gasteiger partial charge in [0.15, 0.2) is 5.82 Å². The molecule has 0 spiro atoms. The van der Waals surface area contributed by atoms with E-state index >= 15 is 0 Å². The van der Waals surface area contributed by atoms with Crippen molar-refractivity contribution in [2.24, 2.45) is 0 Å². The predicted molar refractivity (Wildman–Crippen MR) is 218 cm³/mol. The molecule has 53 heavy (non-hydrogen) atoms. The van der Waals surface area contributed by atoms with E-state index in [1.165, 1.54) is 44.1 Å². The average molecular weight is 680 g/mol. The van der Waals surface area contributed by atoms with E-state index in [-0.39, 0.29) is 5.41 Å². The Hall–Kier alpha value is -6.78. The van der Waals surface area contributed by atoms with Crippen molar-refractivity contribution in [3.63, 3.8) is 0 Å². The number of hydrogen-bond acceptors (Lipinski definition) is 3. The van der Waals surface area contributed by atoms with Gasteiger partial charge in [-0.05, 0) is 82.9 Å². The van der Waals surface area contributed by atoms with Crippen molar-refractivity contribution in [2.75, 3.05) is 0 Å². The van der Waals surface area contributed by atoms with Crippen molar-refractivity contribution in [1.82, 2.24) is 14.5 Å². The fourth-order valence-electron chi connectivity index (χ4n) is 8.57. The van der Waals surface area contributed by atoms with E-state index in [0.29, 0.717) is 5.82 Å². The quantitative estimate of drug-likeness (QED) is 0.186. The molecule has 1 aliphatic rings. The molecule has 0 saturated heterocycles. The van der Waals surface area contributed by atoms with E-state index in [1.807, 2.05) is 36.4 Å². The van der Waals surface area contributed by atoms with E-state index in [4.69, 9.17) is 14.4 Å². The third kappa shape index (κ3) is 4.49. The number of hydrogen-bond donors (Lipinski definition) is 0. The molecule has 1 aliphatic carbocycles. The SMILES string of the molecule is CC1(C)c2ccccc2-c2cc3c(cc21)c1ccccc1n3-c1ccc(-c2cc(-c3ccc4oc5ccccc5c4c3)nc(-c3ccccc3)n2)cc1. The molecule has 0 saturated carbocycles. The van der Waals surface area contributed by atoms with Crippen LogP contribution < -0.4 is 0 Å². The number of para-hydroxylation sites is 2. The van der Waals surface area contributed by atoms with Crippen LogP contribution in [0.4, 0.5) is 0 Å². The first kappa shape index (κ1) is 29.9. The van der Waals surface area contributed by atoms with Gasteiger partial charge in [-0.2, -0.15) is 0 Å². The zero-order chi connectivity index (χ0) is 35.3. The third-order valence-corrected chi connectivity index (χ3v) is 11.2. The first-order valence-corrected chi connectivity index (χ1v) is 18.2. The average Bonchev–Trinajstić information content (AvgIpc) is 3.82. The summed E-state index contributed by atoms with van der Waals surface area (Å²) in [4.78, 5) is 10.2. The maximum absolute atomic E-state index is 6.14. The second kappa shape index (κ2) is 11.1. The molecule has 10 aromatic rings. The van der Waals surface area contributed by atoms with Crippen LogP contribution in [0.1, 0.15) is 25.0 Å². The number of fused-ring (bicyclic) bond motifs is 9. The topological polar surface area (TPSA) is 43.9 Å².